The number of nitrogens with zero attached hydrogens (tertiary/aromatic N) is 2. The van der Waals surface area contributed by atoms with Crippen LogP contribution in [-0.4, -0.2) is 50.9 Å². The van der Waals surface area contributed by atoms with E-state index in [-0.39, 0.29) is 23.4 Å². The molecule has 1 N–H and O–H groups in total. The van der Waals surface area contributed by atoms with Crippen molar-refractivity contribution in [2.24, 2.45) is 0 Å². The van der Waals surface area contributed by atoms with E-state index in [9.17, 15) is 18.0 Å². The Morgan fingerprint density at radius 2 is 1.66 bits per heavy atom. The first-order chi connectivity index (χ1) is 19.2. The monoisotopic (exact) mass is 683 g/mol. The summed E-state index contributed by atoms with van der Waals surface area (Å²) in [4.78, 5) is 28.3. The predicted octanol–water partition coefficient (Wildman–Crippen LogP) is 6.21. The van der Waals surface area contributed by atoms with Crippen LogP contribution in [0.25, 0.3) is 0 Å². The maximum atomic E-state index is 14.0. The lowest BCUT2D eigenvalue weighted by atomic mass is 10.1. The Balaban J connectivity index is 2.07. The van der Waals surface area contributed by atoms with Gasteiger partial charge in [-0.25, -0.2) is 8.42 Å². The molecule has 0 aromatic heterocycles. The molecule has 2 amide bonds. The van der Waals surface area contributed by atoms with Gasteiger partial charge in [-0.05, 0) is 91.7 Å². The van der Waals surface area contributed by atoms with Gasteiger partial charge in [0.1, 0.15) is 18.3 Å². The van der Waals surface area contributed by atoms with E-state index < -0.39 is 28.5 Å². The first-order valence-electron chi connectivity index (χ1n) is 12.7. The number of benzene rings is 3. The number of sulfonamides is 1. The highest BCUT2D eigenvalue weighted by molar-refractivity contribution is 9.10. The molecule has 12 heteroatoms. The van der Waals surface area contributed by atoms with E-state index >= 15 is 0 Å². The fourth-order valence-corrected chi connectivity index (χ4v) is 6.60. The van der Waals surface area contributed by atoms with E-state index in [0.29, 0.717) is 31.5 Å². The zero-order valence-corrected chi connectivity index (χ0v) is 27.2. The number of carbonyl (C=O) groups is 2. The van der Waals surface area contributed by atoms with Gasteiger partial charge < -0.3 is 15.0 Å². The largest absolute Gasteiger partial charge is 0.496 e. The van der Waals surface area contributed by atoms with Crippen molar-refractivity contribution in [2.45, 2.75) is 51.2 Å². The molecule has 3 rings (SSSR count). The number of ether oxygens (including phenoxy) is 1. The van der Waals surface area contributed by atoms with Gasteiger partial charge in [0.05, 0.1) is 22.2 Å². The van der Waals surface area contributed by atoms with Crippen molar-refractivity contribution in [1.82, 2.24) is 10.2 Å². The Labute approximate surface area is 259 Å². The van der Waals surface area contributed by atoms with Crippen molar-refractivity contribution < 1.29 is 22.7 Å². The summed E-state index contributed by atoms with van der Waals surface area (Å²) in [6, 6.07) is 14.9. The number of carbonyl (C=O) groups excluding carboxylic acids is 2. The van der Waals surface area contributed by atoms with Gasteiger partial charge in [0.2, 0.25) is 11.8 Å². The van der Waals surface area contributed by atoms with Crippen LogP contribution in [-0.2, 0) is 26.2 Å². The molecular weight excluding hydrogens is 653 g/mol. The van der Waals surface area contributed by atoms with Crippen molar-refractivity contribution >= 4 is 66.7 Å². The molecular formula is C29H32BrCl2N3O5S. The molecule has 41 heavy (non-hydrogen) atoms. The first kappa shape index (κ1) is 32.7. The van der Waals surface area contributed by atoms with Crippen molar-refractivity contribution in [1.29, 1.82) is 0 Å². The van der Waals surface area contributed by atoms with Crippen molar-refractivity contribution in [3.63, 3.8) is 0 Å². The summed E-state index contributed by atoms with van der Waals surface area (Å²) in [7, 11) is -2.76. The second kappa shape index (κ2) is 13.9. The second-order valence-corrected chi connectivity index (χ2v) is 13.3. The summed E-state index contributed by atoms with van der Waals surface area (Å²) in [5.74, 6) is -0.528. The lowest BCUT2D eigenvalue weighted by Crippen LogP contribution is -2.52. The highest BCUT2D eigenvalue weighted by Gasteiger charge is 2.33. The summed E-state index contributed by atoms with van der Waals surface area (Å²) in [6.45, 7) is 6.47. The van der Waals surface area contributed by atoms with Gasteiger partial charge in [0, 0.05) is 22.6 Å². The lowest BCUT2D eigenvalue weighted by Gasteiger charge is -2.32. The standard InChI is InChI=1S/C29H32BrCl2N3O5S/c1-18(2)33-29(37)20(4)34(16-21-8-9-22(31)14-26(21)32)28(36)17-35(23-10-6-19(3)7-11-23)41(38,39)24-12-13-27(40-5)25(30)15-24/h6-15,18,20H,16-17H2,1-5H3,(H,33,37)/t20-/m0/s1. The van der Waals surface area contributed by atoms with E-state index in [0.717, 1.165) is 9.87 Å². The van der Waals surface area contributed by atoms with Crippen molar-refractivity contribution in [3.8, 4) is 5.75 Å². The Morgan fingerprint density at radius 3 is 2.22 bits per heavy atom. The zero-order chi connectivity index (χ0) is 30.5. The van der Waals surface area contributed by atoms with E-state index in [1.165, 1.54) is 30.2 Å². The van der Waals surface area contributed by atoms with Crippen molar-refractivity contribution in [3.05, 3.63) is 86.3 Å². The zero-order valence-electron chi connectivity index (χ0n) is 23.3. The highest BCUT2D eigenvalue weighted by Crippen LogP contribution is 2.31. The van der Waals surface area contributed by atoms with Crippen molar-refractivity contribution in [2.75, 3.05) is 18.0 Å². The van der Waals surface area contributed by atoms with Gasteiger partial charge in [-0.3, -0.25) is 13.9 Å². The smallest absolute Gasteiger partial charge is 0.264 e. The molecule has 0 unspecified atom stereocenters. The molecule has 1 atom stereocenters. The van der Waals surface area contributed by atoms with Crippen LogP contribution < -0.4 is 14.4 Å². The molecule has 0 bridgehead atoms. The molecule has 220 valence electrons. The fraction of sp³-hybridized carbons (Fsp3) is 0.310. The molecule has 0 heterocycles. The Morgan fingerprint density at radius 1 is 1.00 bits per heavy atom. The maximum Gasteiger partial charge on any atom is 0.264 e. The minimum atomic E-state index is -4.24. The first-order valence-corrected chi connectivity index (χ1v) is 15.7. The minimum absolute atomic E-state index is 0.0443. The van der Waals surface area contributed by atoms with Crippen LogP contribution in [0, 0.1) is 6.92 Å². The van der Waals surface area contributed by atoms with Gasteiger partial charge in [0.15, 0.2) is 0 Å². The molecule has 0 saturated carbocycles. The van der Waals surface area contributed by atoms with Gasteiger partial charge in [-0.15, -0.1) is 0 Å². The van der Waals surface area contributed by atoms with Crippen LogP contribution in [0.1, 0.15) is 31.9 Å². The summed E-state index contributed by atoms with van der Waals surface area (Å²) < 4.78 is 34.7. The molecule has 3 aromatic rings. The number of aryl methyl sites for hydroxylation is 1. The number of nitrogens with one attached hydrogen (secondary N) is 1. The SMILES string of the molecule is COc1ccc(S(=O)(=O)N(CC(=O)N(Cc2ccc(Cl)cc2Cl)[C@@H](C)C(=O)NC(C)C)c2ccc(C)cc2)cc1Br. The molecule has 0 fully saturated rings. The number of hydrogen-bond acceptors (Lipinski definition) is 5. The Hall–Kier alpha value is -2.79. The van der Waals surface area contributed by atoms with Crippen LogP contribution in [0.4, 0.5) is 5.69 Å². The number of halogens is 3. The van der Waals surface area contributed by atoms with E-state index in [2.05, 4.69) is 21.2 Å². The number of rotatable bonds is 11. The van der Waals surface area contributed by atoms with E-state index in [1.807, 2.05) is 20.8 Å². The molecule has 0 aliphatic heterocycles. The predicted molar refractivity (Wildman–Crippen MR) is 166 cm³/mol. The van der Waals surface area contributed by atoms with Crippen LogP contribution in [0.5, 0.6) is 5.75 Å². The summed E-state index contributed by atoms with van der Waals surface area (Å²) in [6.07, 6.45) is 0. The Kier molecular flexibility index (Phi) is 11.1. The van der Waals surface area contributed by atoms with Gasteiger partial charge in [-0.1, -0.05) is 47.0 Å². The summed E-state index contributed by atoms with van der Waals surface area (Å²) >= 11 is 15.8. The van der Waals surface area contributed by atoms with Crippen LogP contribution >= 0.6 is 39.1 Å². The quantitative estimate of drug-likeness (QED) is 0.259. The number of anilines is 1. The molecule has 0 saturated heterocycles. The Bertz CT molecular complexity index is 1520. The third-order valence-corrected chi connectivity index (χ3v) is 9.24. The summed E-state index contributed by atoms with van der Waals surface area (Å²) in [5.41, 5.74) is 1.76. The second-order valence-electron chi connectivity index (χ2n) is 9.74. The maximum absolute atomic E-state index is 14.0. The molecule has 0 radical (unpaired) electrons. The van der Waals surface area contributed by atoms with Crippen LogP contribution in [0.2, 0.25) is 10.0 Å². The number of methoxy groups -OCH3 is 1. The fourth-order valence-electron chi connectivity index (χ4n) is 4.00. The van der Waals surface area contributed by atoms with Crippen LogP contribution in [0.3, 0.4) is 0 Å². The van der Waals surface area contributed by atoms with Gasteiger partial charge in [0.25, 0.3) is 10.0 Å². The normalized spacial score (nSPS) is 12.1. The van der Waals surface area contributed by atoms with E-state index in [4.69, 9.17) is 27.9 Å². The molecule has 0 spiro atoms. The summed E-state index contributed by atoms with van der Waals surface area (Å²) in [5, 5.41) is 3.55. The average Bonchev–Trinajstić information content (AvgIpc) is 2.91. The number of amides is 2. The molecule has 3 aromatic carbocycles. The third kappa shape index (κ3) is 8.16. The topological polar surface area (TPSA) is 96.0 Å². The number of hydrogen-bond donors (Lipinski definition) is 1. The van der Waals surface area contributed by atoms with Crippen LogP contribution in [0.15, 0.2) is 70.0 Å². The lowest BCUT2D eigenvalue weighted by molar-refractivity contribution is -0.139. The molecule has 0 aliphatic carbocycles. The van der Waals surface area contributed by atoms with E-state index in [1.54, 1.807) is 49.4 Å². The average molecular weight is 685 g/mol. The van der Waals surface area contributed by atoms with Gasteiger partial charge >= 0.3 is 0 Å². The highest BCUT2D eigenvalue weighted by atomic mass is 79.9. The van der Waals surface area contributed by atoms with Gasteiger partial charge in [-0.2, -0.15) is 0 Å². The minimum Gasteiger partial charge on any atom is -0.496 e. The molecule has 0 aliphatic rings. The molecule has 8 nitrogen and oxygen atoms in total. The third-order valence-electron chi connectivity index (χ3n) is 6.27.